The molecular formula is C4H7NOS. The maximum atomic E-state index is 10.0. The Kier molecular flexibility index (Phi) is 2.52. The molecule has 0 saturated heterocycles. The van der Waals surface area contributed by atoms with Crippen LogP contribution in [0, 0.1) is 0 Å². The van der Waals surface area contributed by atoms with Crippen molar-refractivity contribution in [1.29, 1.82) is 0 Å². The van der Waals surface area contributed by atoms with E-state index in [0.29, 0.717) is 5.57 Å². The van der Waals surface area contributed by atoms with Gasteiger partial charge in [0, 0.05) is 5.57 Å². The monoisotopic (exact) mass is 117 g/mol. The molecule has 0 aromatic heterocycles. The SMILES string of the molecule is CC(=CS)C(N)=O. The second-order valence-corrected chi connectivity index (χ2v) is 1.43. The Morgan fingerprint density at radius 1 is 1.86 bits per heavy atom. The zero-order valence-electron chi connectivity index (χ0n) is 4.01. The highest BCUT2D eigenvalue weighted by molar-refractivity contribution is 7.83. The van der Waals surface area contributed by atoms with Crippen molar-refractivity contribution in [2.24, 2.45) is 5.73 Å². The highest BCUT2D eigenvalue weighted by Crippen LogP contribution is 1.90. The third kappa shape index (κ3) is 2.28. The van der Waals surface area contributed by atoms with E-state index in [1.807, 2.05) is 0 Å². The molecule has 0 heterocycles. The Labute approximate surface area is 47.8 Å². The van der Waals surface area contributed by atoms with Gasteiger partial charge in [0.25, 0.3) is 0 Å². The van der Waals surface area contributed by atoms with Crippen molar-refractivity contribution >= 4 is 18.5 Å². The third-order valence-corrected chi connectivity index (χ3v) is 0.970. The van der Waals surface area contributed by atoms with E-state index in [2.05, 4.69) is 12.6 Å². The summed E-state index contributed by atoms with van der Waals surface area (Å²) in [6.45, 7) is 1.61. The molecule has 0 spiro atoms. The number of carbonyl (C=O) groups is 1. The standard InChI is InChI=1S/C4H7NOS/c1-3(2-7)4(5)6/h2,7H,1H3,(H2,5,6). The van der Waals surface area contributed by atoms with Gasteiger partial charge in [0.05, 0.1) is 0 Å². The predicted molar refractivity (Wildman–Crippen MR) is 31.9 cm³/mol. The van der Waals surface area contributed by atoms with Crippen LogP contribution in [-0.2, 0) is 4.79 Å². The van der Waals surface area contributed by atoms with Gasteiger partial charge in [-0.05, 0) is 12.3 Å². The lowest BCUT2D eigenvalue weighted by Gasteiger charge is -1.85. The van der Waals surface area contributed by atoms with Crippen LogP contribution in [0.4, 0.5) is 0 Å². The van der Waals surface area contributed by atoms with Gasteiger partial charge in [-0.2, -0.15) is 12.6 Å². The summed E-state index contributed by atoms with van der Waals surface area (Å²) in [6, 6.07) is 0. The molecule has 7 heavy (non-hydrogen) atoms. The summed E-state index contributed by atoms with van der Waals surface area (Å²) in [5.41, 5.74) is 5.27. The number of amides is 1. The highest BCUT2D eigenvalue weighted by Gasteiger charge is 1.90. The maximum absolute atomic E-state index is 10.0. The van der Waals surface area contributed by atoms with Crippen molar-refractivity contribution in [3.05, 3.63) is 11.0 Å². The number of thiol groups is 1. The zero-order chi connectivity index (χ0) is 5.86. The first-order chi connectivity index (χ1) is 3.18. The number of rotatable bonds is 1. The number of nitrogens with two attached hydrogens (primary N) is 1. The van der Waals surface area contributed by atoms with Gasteiger partial charge in [-0.3, -0.25) is 4.79 Å². The van der Waals surface area contributed by atoms with Crippen molar-refractivity contribution in [1.82, 2.24) is 0 Å². The van der Waals surface area contributed by atoms with Crippen LogP contribution in [0.5, 0.6) is 0 Å². The van der Waals surface area contributed by atoms with Crippen LogP contribution in [0.25, 0.3) is 0 Å². The Bertz CT molecular complexity index is 108. The Balaban J connectivity index is 3.82. The second kappa shape index (κ2) is 2.69. The summed E-state index contributed by atoms with van der Waals surface area (Å²) in [4.78, 5) is 10.0. The van der Waals surface area contributed by atoms with Crippen LogP contribution in [0.3, 0.4) is 0 Å². The molecule has 0 aliphatic rings. The van der Waals surface area contributed by atoms with Gasteiger partial charge in [-0.15, -0.1) is 0 Å². The van der Waals surface area contributed by atoms with E-state index in [-0.39, 0.29) is 0 Å². The summed E-state index contributed by atoms with van der Waals surface area (Å²) in [5, 5.41) is 1.38. The van der Waals surface area contributed by atoms with Crippen molar-refractivity contribution in [3.63, 3.8) is 0 Å². The average molecular weight is 117 g/mol. The first-order valence-electron chi connectivity index (χ1n) is 1.79. The van der Waals surface area contributed by atoms with E-state index in [4.69, 9.17) is 5.73 Å². The molecule has 0 bridgehead atoms. The summed E-state index contributed by atoms with van der Waals surface area (Å²) < 4.78 is 0. The molecule has 0 aromatic rings. The molecule has 0 aromatic carbocycles. The van der Waals surface area contributed by atoms with E-state index in [1.165, 1.54) is 5.41 Å². The van der Waals surface area contributed by atoms with Crippen LogP contribution in [0.2, 0.25) is 0 Å². The van der Waals surface area contributed by atoms with Gasteiger partial charge in [-0.1, -0.05) is 0 Å². The van der Waals surface area contributed by atoms with Crippen molar-refractivity contribution in [2.45, 2.75) is 6.92 Å². The minimum absolute atomic E-state index is 0.421. The van der Waals surface area contributed by atoms with E-state index in [0.717, 1.165) is 0 Å². The molecule has 3 heteroatoms. The van der Waals surface area contributed by atoms with Crippen LogP contribution in [-0.4, -0.2) is 5.91 Å². The lowest BCUT2D eigenvalue weighted by atomic mass is 10.3. The molecule has 0 aliphatic carbocycles. The lowest BCUT2D eigenvalue weighted by Crippen LogP contribution is -2.10. The fourth-order valence-corrected chi connectivity index (χ4v) is 0.191. The fraction of sp³-hybridized carbons (Fsp3) is 0.250. The quantitative estimate of drug-likeness (QED) is 0.376. The Morgan fingerprint density at radius 3 is 2.29 bits per heavy atom. The van der Waals surface area contributed by atoms with Crippen LogP contribution < -0.4 is 5.73 Å². The average Bonchev–Trinajstić information content (AvgIpc) is 1.65. The lowest BCUT2D eigenvalue weighted by molar-refractivity contribution is -0.114. The molecule has 0 saturated carbocycles. The first kappa shape index (κ1) is 6.56. The molecule has 40 valence electrons. The molecule has 0 aliphatic heterocycles. The smallest absolute Gasteiger partial charge is 0.244 e. The van der Waals surface area contributed by atoms with E-state index >= 15 is 0 Å². The first-order valence-corrected chi connectivity index (χ1v) is 2.31. The number of hydrogen-bond donors (Lipinski definition) is 2. The molecule has 0 radical (unpaired) electrons. The largest absolute Gasteiger partial charge is 0.366 e. The van der Waals surface area contributed by atoms with Crippen molar-refractivity contribution in [2.75, 3.05) is 0 Å². The molecule has 2 N–H and O–H groups in total. The zero-order valence-corrected chi connectivity index (χ0v) is 4.90. The van der Waals surface area contributed by atoms with Crippen LogP contribution in [0.15, 0.2) is 11.0 Å². The van der Waals surface area contributed by atoms with E-state index < -0.39 is 5.91 Å². The molecule has 1 amide bonds. The highest BCUT2D eigenvalue weighted by atomic mass is 32.1. The molecule has 0 unspecified atom stereocenters. The normalized spacial score (nSPS) is 11.4. The van der Waals surface area contributed by atoms with Crippen molar-refractivity contribution < 1.29 is 4.79 Å². The minimum atomic E-state index is -0.421. The molecular weight excluding hydrogens is 110 g/mol. The Morgan fingerprint density at radius 2 is 2.29 bits per heavy atom. The van der Waals surface area contributed by atoms with Gasteiger partial charge in [0.2, 0.25) is 5.91 Å². The van der Waals surface area contributed by atoms with E-state index in [1.54, 1.807) is 6.92 Å². The van der Waals surface area contributed by atoms with Gasteiger partial charge >= 0.3 is 0 Å². The van der Waals surface area contributed by atoms with Gasteiger partial charge in [-0.25, -0.2) is 0 Å². The number of primary amides is 1. The summed E-state index contributed by atoms with van der Waals surface area (Å²) >= 11 is 3.69. The summed E-state index contributed by atoms with van der Waals surface area (Å²) in [7, 11) is 0. The maximum Gasteiger partial charge on any atom is 0.244 e. The second-order valence-electron chi connectivity index (χ2n) is 1.18. The number of carbonyl (C=O) groups excluding carboxylic acids is 1. The third-order valence-electron chi connectivity index (χ3n) is 0.582. The molecule has 0 fully saturated rings. The Hall–Kier alpha value is -0.440. The molecule has 0 rings (SSSR count). The van der Waals surface area contributed by atoms with Crippen molar-refractivity contribution in [3.8, 4) is 0 Å². The van der Waals surface area contributed by atoms with Gasteiger partial charge < -0.3 is 5.73 Å². The predicted octanol–water partition coefficient (Wildman–Crippen LogP) is 0.305. The van der Waals surface area contributed by atoms with Gasteiger partial charge in [0.1, 0.15) is 0 Å². The topological polar surface area (TPSA) is 43.1 Å². The fourth-order valence-electron chi connectivity index (χ4n) is 0.0636. The molecule has 2 nitrogen and oxygen atoms in total. The minimum Gasteiger partial charge on any atom is -0.366 e. The molecule has 0 atom stereocenters. The summed E-state index contributed by atoms with van der Waals surface area (Å²) in [6.07, 6.45) is 0. The van der Waals surface area contributed by atoms with Gasteiger partial charge in [0.15, 0.2) is 0 Å². The van der Waals surface area contributed by atoms with Crippen LogP contribution >= 0.6 is 12.6 Å². The van der Waals surface area contributed by atoms with Crippen LogP contribution in [0.1, 0.15) is 6.92 Å². The van der Waals surface area contributed by atoms with E-state index in [9.17, 15) is 4.79 Å². The number of hydrogen-bond acceptors (Lipinski definition) is 2. The summed E-state index contributed by atoms with van der Waals surface area (Å²) in [5.74, 6) is -0.421.